The third-order valence-corrected chi connectivity index (χ3v) is 4.32. The Morgan fingerprint density at radius 1 is 1.09 bits per heavy atom. The van der Waals surface area contributed by atoms with E-state index in [2.05, 4.69) is 20.3 Å². The number of hydrogen-bond donors (Lipinski definition) is 1. The summed E-state index contributed by atoms with van der Waals surface area (Å²) in [4.78, 5) is 28.7. The summed E-state index contributed by atoms with van der Waals surface area (Å²) in [5, 5.41) is 11.8. The van der Waals surface area contributed by atoms with Crippen molar-refractivity contribution in [1.29, 1.82) is 0 Å². The molecule has 0 spiro atoms. The number of azide groups is 1. The van der Waals surface area contributed by atoms with Gasteiger partial charge >= 0.3 is 6.09 Å². The van der Waals surface area contributed by atoms with Crippen LogP contribution in [0, 0.1) is 0 Å². The van der Waals surface area contributed by atoms with Crippen molar-refractivity contribution in [2.75, 3.05) is 24.6 Å². The van der Waals surface area contributed by atoms with Crippen LogP contribution in [-0.2, 0) is 4.74 Å². The normalized spacial score (nSPS) is 11.1. The molecule has 0 saturated heterocycles. The molecule has 2 N–H and O–H groups in total. The van der Waals surface area contributed by atoms with Crippen LogP contribution >= 0.6 is 0 Å². The van der Waals surface area contributed by atoms with Gasteiger partial charge in [-0.25, -0.2) is 4.79 Å². The molecule has 2 rings (SSSR count). The van der Waals surface area contributed by atoms with Gasteiger partial charge in [0, 0.05) is 18.0 Å². The number of nitrogens with two attached hydrogens (primary N) is 1. The van der Waals surface area contributed by atoms with E-state index in [1.165, 1.54) is 11.0 Å². The van der Waals surface area contributed by atoms with Gasteiger partial charge in [0.1, 0.15) is 11.4 Å². The summed E-state index contributed by atoms with van der Waals surface area (Å²) in [7, 11) is 0. The van der Waals surface area contributed by atoms with E-state index in [0.717, 1.165) is 0 Å². The molecular weight excluding hydrogens is 438 g/mol. The fourth-order valence-corrected chi connectivity index (χ4v) is 2.83. The Balaban J connectivity index is 2.14. The summed E-state index contributed by atoms with van der Waals surface area (Å²) < 4.78 is 11.0. The van der Waals surface area contributed by atoms with Crippen LogP contribution in [0.4, 0.5) is 21.9 Å². The molecule has 2 amide bonds. The van der Waals surface area contributed by atoms with Crippen molar-refractivity contribution < 1.29 is 19.1 Å². The average molecular weight is 468 g/mol. The fraction of sp³-hybridized carbons (Fsp3) is 0.391. The number of rotatable bonds is 10. The first-order valence-electron chi connectivity index (χ1n) is 10.7. The molecule has 0 bridgehead atoms. The smallest absolute Gasteiger partial charge is 0.414 e. The largest absolute Gasteiger partial charge is 0.494 e. The Kier molecular flexibility index (Phi) is 9.39. The molecule has 34 heavy (non-hydrogen) atoms. The highest BCUT2D eigenvalue weighted by molar-refractivity contribution is 6.03. The summed E-state index contributed by atoms with van der Waals surface area (Å²) >= 11 is 0. The van der Waals surface area contributed by atoms with Gasteiger partial charge in [-0.2, -0.15) is 10.2 Å². The topological polar surface area (TPSA) is 155 Å². The van der Waals surface area contributed by atoms with Crippen LogP contribution in [0.15, 0.2) is 57.8 Å². The van der Waals surface area contributed by atoms with Crippen LogP contribution in [0.25, 0.3) is 10.4 Å². The van der Waals surface area contributed by atoms with Crippen molar-refractivity contribution in [3.05, 3.63) is 58.5 Å². The number of primary amides is 1. The number of amides is 2. The second kappa shape index (κ2) is 12.2. The van der Waals surface area contributed by atoms with Gasteiger partial charge in [0.2, 0.25) is 0 Å². The van der Waals surface area contributed by atoms with Gasteiger partial charge in [0.15, 0.2) is 0 Å². The molecule has 0 aliphatic carbocycles. The highest BCUT2D eigenvalue weighted by Gasteiger charge is 2.25. The second-order valence-corrected chi connectivity index (χ2v) is 8.14. The molecule has 0 radical (unpaired) electrons. The molecule has 180 valence electrons. The van der Waals surface area contributed by atoms with Gasteiger partial charge in [0.25, 0.3) is 5.91 Å². The first-order valence-corrected chi connectivity index (χ1v) is 10.7. The number of hydrogen-bond acceptors (Lipinski definition) is 7. The van der Waals surface area contributed by atoms with E-state index < -0.39 is 17.6 Å². The number of anilines is 1. The van der Waals surface area contributed by atoms with Gasteiger partial charge in [-0.15, -0.1) is 0 Å². The Morgan fingerprint density at radius 3 is 2.32 bits per heavy atom. The first-order chi connectivity index (χ1) is 16.1. The fourth-order valence-electron chi connectivity index (χ4n) is 2.83. The lowest BCUT2D eigenvalue weighted by atomic mass is 10.1. The van der Waals surface area contributed by atoms with Crippen molar-refractivity contribution in [2.45, 2.75) is 39.7 Å². The first kappa shape index (κ1) is 26.1. The molecule has 2 aromatic carbocycles. The maximum absolute atomic E-state index is 12.6. The van der Waals surface area contributed by atoms with Gasteiger partial charge in [-0.1, -0.05) is 5.11 Å². The van der Waals surface area contributed by atoms with Gasteiger partial charge in [0.05, 0.1) is 29.2 Å². The zero-order valence-corrected chi connectivity index (χ0v) is 19.8. The van der Waals surface area contributed by atoms with E-state index in [0.29, 0.717) is 42.4 Å². The lowest BCUT2D eigenvalue weighted by Crippen LogP contribution is -2.37. The van der Waals surface area contributed by atoms with E-state index in [4.69, 9.17) is 20.7 Å². The monoisotopic (exact) mass is 467 g/mol. The SMILES string of the molecule is CCN(C(=O)OC(C)(C)C)c1ccc(N=Nc2ccc(OCCCN=[N+]=[N-])cc2)cc1C(N)=O. The van der Waals surface area contributed by atoms with Gasteiger partial charge < -0.3 is 15.2 Å². The quantitative estimate of drug-likeness (QED) is 0.195. The Hall–Kier alpha value is -4.11. The van der Waals surface area contributed by atoms with E-state index in [1.54, 1.807) is 64.1 Å². The molecule has 0 aromatic heterocycles. The summed E-state index contributed by atoms with van der Waals surface area (Å²) in [5.41, 5.74) is 14.6. The van der Waals surface area contributed by atoms with Crippen LogP contribution in [-0.4, -0.2) is 37.3 Å². The molecule has 0 saturated carbocycles. The van der Waals surface area contributed by atoms with Crippen molar-refractivity contribution >= 4 is 29.1 Å². The lowest BCUT2D eigenvalue weighted by molar-refractivity contribution is 0.0582. The zero-order valence-electron chi connectivity index (χ0n) is 19.8. The maximum atomic E-state index is 12.6. The third kappa shape index (κ3) is 8.10. The summed E-state index contributed by atoms with van der Waals surface area (Å²) in [6.45, 7) is 8.17. The number of carbonyl (C=O) groups is 2. The van der Waals surface area contributed by atoms with Gasteiger partial charge in [-0.3, -0.25) is 9.69 Å². The summed E-state index contributed by atoms with van der Waals surface area (Å²) in [6, 6.07) is 11.7. The minimum absolute atomic E-state index is 0.133. The Bertz CT molecular complexity index is 1070. The molecule has 2 aromatic rings. The predicted octanol–water partition coefficient (Wildman–Crippen LogP) is 6.04. The van der Waals surface area contributed by atoms with E-state index in [1.807, 2.05) is 0 Å². The van der Waals surface area contributed by atoms with Crippen molar-refractivity contribution in [3.63, 3.8) is 0 Å². The van der Waals surface area contributed by atoms with Crippen LogP contribution in [0.3, 0.4) is 0 Å². The van der Waals surface area contributed by atoms with Crippen molar-refractivity contribution in [2.24, 2.45) is 21.1 Å². The van der Waals surface area contributed by atoms with E-state index in [-0.39, 0.29) is 12.1 Å². The van der Waals surface area contributed by atoms with Crippen molar-refractivity contribution in [3.8, 4) is 5.75 Å². The predicted molar refractivity (Wildman–Crippen MR) is 129 cm³/mol. The number of ether oxygens (including phenoxy) is 2. The van der Waals surface area contributed by atoms with E-state index >= 15 is 0 Å². The van der Waals surface area contributed by atoms with Gasteiger partial charge in [-0.05, 0) is 82.1 Å². The Labute approximate surface area is 198 Å². The molecule has 11 nitrogen and oxygen atoms in total. The van der Waals surface area contributed by atoms with Crippen molar-refractivity contribution in [1.82, 2.24) is 0 Å². The number of azo groups is 1. The minimum atomic E-state index is -0.698. The standard InChI is InChI=1S/C23H29N7O4/c1-5-30(22(32)34-23(2,3)4)20-12-9-17(15-19(20)21(24)31)28-27-16-7-10-18(11-8-16)33-14-6-13-26-29-25/h7-12,15H,5-6,13-14H2,1-4H3,(H2,24,31). The third-order valence-electron chi connectivity index (χ3n) is 4.32. The highest BCUT2D eigenvalue weighted by atomic mass is 16.6. The Morgan fingerprint density at radius 2 is 1.74 bits per heavy atom. The molecule has 0 aliphatic heterocycles. The number of nitrogens with zero attached hydrogens (tertiary/aromatic N) is 6. The van der Waals surface area contributed by atoms with Crippen LogP contribution < -0.4 is 15.4 Å². The molecule has 0 atom stereocenters. The average Bonchev–Trinajstić information content (AvgIpc) is 2.78. The number of carbonyl (C=O) groups excluding carboxylic acids is 2. The molecular formula is C23H29N7O4. The minimum Gasteiger partial charge on any atom is -0.494 e. The summed E-state index contributed by atoms with van der Waals surface area (Å²) in [5.74, 6) is -0.0434. The molecule has 0 fully saturated rings. The summed E-state index contributed by atoms with van der Waals surface area (Å²) in [6.07, 6.45) is 0.0413. The van der Waals surface area contributed by atoms with Crippen LogP contribution in [0.5, 0.6) is 5.75 Å². The zero-order chi connectivity index (χ0) is 25.1. The highest BCUT2D eigenvalue weighted by Crippen LogP contribution is 2.28. The molecule has 0 heterocycles. The molecule has 0 aliphatic rings. The van der Waals surface area contributed by atoms with Crippen LogP contribution in [0.1, 0.15) is 44.5 Å². The number of benzene rings is 2. The maximum Gasteiger partial charge on any atom is 0.414 e. The molecule has 0 unspecified atom stereocenters. The second-order valence-electron chi connectivity index (χ2n) is 8.14. The van der Waals surface area contributed by atoms with Crippen LogP contribution in [0.2, 0.25) is 0 Å². The molecule has 11 heteroatoms. The lowest BCUT2D eigenvalue weighted by Gasteiger charge is -2.27. The van der Waals surface area contributed by atoms with E-state index in [9.17, 15) is 9.59 Å².